The van der Waals surface area contributed by atoms with Crippen LogP contribution in [0.25, 0.3) is 0 Å². The number of rotatable bonds is 8. The molecule has 2 bridgehead atoms. The van der Waals surface area contributed by atoms with Crippen molar-refractivity contribution < 1.29 is 82.7 Å². The van der Waals surface area contributed by atoms with Gasteiger partial charge in [0.25, 0.3) is 11.7 Å². The summed E-state index contributed by atoms with van der Waals surface area (Å²) in [6.45, 7) is 12.0. The first-order valence-corrected chi connectivity index (χ1v) is 26.0. The minimum Gasteiger partial charge on any atom is -0.460 e. The largest absolute Gasteiger partial charge is 0.460 e. The molecule has 2 saturated heterocycles. The lowest BCUT2D eigenvalue weighted by Gasteiger charge is -2.43. The number of hydrogen-bond acceptors (Lipinski definition) is 18. The van der Waals surface area contributed by atoms with Crippen LogP contribution in [0.3, 0.4) is 0 Å². The maximum atomic E-state index is 14.5. The molecular weight excluding hydrogens is 963 g/mol. The van der Waals surface area contributed by atoms with Crippen molar-refractivity contribution in [3.05, 3.63) is 47.6 Å². The number of amides is 2. The van der Waals surface area contributed by atoms with Crippen LogP contribution >= 0.6 is 0 Å². The summed E-state index contributed by atoms with van der Waals surface area (Å²) in [4.78, 5) is 103. The zero-order valence-electron chi connectivity index (χ0n) is 45.2. The van der Waals surface area contributed by atoms with Gasteiger partial charge in [0.05, 0.1) is 38.3 Å². The van der Waals surface area contributed by atoms with Crippen molar-refractivity contribution in [2.45, 2.75) is 174 Å². The molecule has 74 heavy (non-hydrogen) atoms. The van der Waals surface area contributed by atoms with E-state index in [2.05, 4.69) is 0 Å². The highest BCUT2D eigenvalue weighted by Gasteiger charge is 2.53. The summed E-state index contributed by atoms with van der Waals surface area (Å²) in [5.74, 6) is -10.8. The van der Waals surface area contributed by atoms with Crippen molar-refractivity contribution in [1.82, 2.24) is 15.2 Å². The third kappa shape index (κ3) is 16.2. The van der Waals surface area contributed by atoms with Gasteiger partial charge in [-0.05, 0) is 112 Å². The summed E-state index contributed by atoms with van der Waals surface area (Å²) < 4.78 is 28.5. The van der Waals surface area contributed by atoms with Gasteiger partial charge in [-0.15, -0.1) is 0 Å². The maximum absolute atomic E-state index is 14.5. The molecule has 15 atom stereocenters. The van der Waals surface area contributed by atoms with Crippen LogP contribution in [0.15, 0.2) is 47.6 Å². The third-order valence-corrected chi connectivity index (χ3v) is 15.4. The molecule has 2 amide bonds. The number of hydrogen-bond donors (Lipinski definition) is 4. The molecule has 4 aliphatic rings. The number of ether oxygens (including phenoxy) is 5. The average Bonchev–Trinajstić information content (AvgIpc) is 3.36. The lowest BCUT2D eigenvalue weighted by atomic mass is 9.75. The number of cyclic esters (lactones) is 1. The fraction of sp³-hybridized carbons (Fsp3) is 0.722. The highest BCUT2D eigenvalue weighted by atomic mass is 16.9. The fourth-order valence-corrected chi connectivity index (χ4v) is 10.9. The van der Waals surface area contributed by atoms with Crippen LogP contribution in [0.4, 0.5) is 4.79 Å². The van der Waals surface area contributed by atoms with Gasteiger partial charge in [-0.3, -0.25) is 29.6 Å². The lowest BCUT2D eigenvalue weighted by molar-refractivity contribution is -0.306. The predicted molar refractivity (Wildman–Crippen MR) is 267 cm³/mol. The van der Waals surface area contributed by atoms with Crippen LogP contribution in [-0.2, 0) is 57.3 Å². The molecule has 0 spiro atoms. The molecule has 20 nitrogen and oxygen atoms in total. The Hall–Kier alpha value is -4.67. The molecule has 3 fully saturated rings. The minimum absolute atomic E-state index is 0.0208. The minimum atomic E-state index is -2.64. The monoisotopic (exact) mass is 1050 g/mol. The normalized spacial score (nSPS) is 36.8. The average molecular weight is 1050 g/mol. The number of nitrogens with zero attached hydrogens (tertiary/aromatic N) is 3. The van der Waals surface area contributed by atoms with Crippen LogP contribution in [-0.4, -0.2) is 160 Å². The van der Waals surface area contributed by atoms with Crippen LogP contribution in [0.2, 0.25) is 0 Å². The molecule has 0 unspecified atom stereocenters. The Morgan fingerprint density at radius 3 is 2.24 bits per heavy atom. The Bertz CT molecular complexity index is 2090. The van der Waals surface area contributed by atoms with Crippen LogP contribution in [0, 0.1) is 41.4 Å². The first-order valence-electron chi connectivity index (χ1n) is 26.0. The van der Waals surface area contributed by atoms with Crippen molar-refractivity contribution in [2.24, 2.45) is 41.4 Å². The van der Waals surface area contributed by atoms with Gasteiger partial charge in [0, 0.05) is 51.4 Å². The number of aliphatic hydroxyl groups is 2. The third-order valence-electron chi connectivity index (χ3n) is 15.4. The number of carbonyl (C=O) groups is 7. The van der Waals surface area contributed by atoms with Crippen molar-refractivity contribution in [2.75, 3.05) is 34.9 Å². The van der Waals surface area contributed by atoms with Gasteiger partial charge in [-0.2, -0.15) is 5.06 Å². The SMILES string of the molecule is COC(=O)N(O)[C@@H]1C[C@@H]2CC[C@@H](C)[C@@](O)(O2)C(=O)C(=O)N2CCCC[C@H]2C(=O)O[C@H]([C@H](C)C[C@@H]2CC[C@@H](C(=O)ON(C)O)[C@H](OC)C2)CC(=O)[C@H](C)/C=C(\C)[C@@H](O)[C@@H](OC)C(=O)[C@H](C)C[C@H](C)/C=C/C=C/C=C/1C. The Morgan fingerprint density at radius 1 is 0.892 bits per heavy atom. The van der Waals surface area contributed by atoms with Crippen LogP contribution in [0.5, 0.6) is 0 Å². The molecule has 3 aliphatic heterocycles. The Kier molecular flexibility index (Phi) is 23.8. The van der Waals surface area contributed by atoms with E-state index in [1.165, 1.54) is 21.3 Å². The Balaban J connectivity index is 1.74. The number of esters is 1. The molecule has 4 rings (SSSR count). The predicted octanol–water partition coefficient (Wildman–Crippen LogP) is 6.03. The zero-order valence-corrected chi connectivity index (χ0v) is 45.2. The first kappa shape index (κ1) is 61.9. The Labute approximate surface area is 435 Å². The number of methoxy groups -OCH3 is 3. The number of carbonyl (C=O) groups excluding carboxylic acids is 7. The number of allylic oxidation sites excluding steroid dienone is 6. The number of piperidine rings is 1. The molecule has 0 aromatic heterocycles. The maximum Gasteiger partial charge on any atom is 0.434 e. The van der Waals surface area contributed by atoms with Gasteiger partial charge in [0.1, 0.15) is 30.1 Å². The van der Waals surface area contributed by atoms with E-state index in [4.69, 9.17) is 28.5 Å². The summed E-state index contributed by atoms with van der Waals surface area (Å²) in [5, 5.41) is 44.9. The van der Waals surface area contributed by atoms with Gasteiger partial charge in [-0.1, -0.05) is 71.1 Å². The number of Topliss-reactive ketones (excluding diaryl/α,β-unsaturated/α-hetero) is 3. The summed E-state index contributed by atoms with van der Waals surface area (Å²) >= 11 is 0. The van der Waals surface area contributed by atoms with Crippen molar-refractivity contribution in [1.29, 1.82) is 0 Å². The topological polar surface area (TPSA) is 266 Å². The summed E-state index contributed by atoms with van der Waals surface area (Å²) in [6.07, 6.45) is 7.44. The molecule has 1 aliphatic carbocycles. The number of fused-ring (bicyclic) bond motifs is 3. The molecule has 3 heterocycles. The number of ketones is 3. The molecular formula is C54H83N3O17. The van der Waals surface area contributed by atoms with Crippen LogP contribution in [0.1, 0.15) is 126 Å². The van der Waals surface area contributed by atoms with Crippen molar-refractivity contribution >= 4 is 41.3 Å². The first-order chi connectivity index (χ1) is 34.9. The highest BCUT2D eigenvalue weighted by molar-refractivity contribution is 6.39. The van der Waals surface area contributed by atoms with Gasteiger partial charge < -0.3 is 43.6 Å². The van der Waals surface area contributed by atoms with E-state index in [1.54, 1.807) is 65.0 Å². The molecule has 0 aromatic carbocycles. The Morgan fingerprint density at radius 2 is 1.59 bits per heavy atom. The van der Waals surface area contributed by atoms with E-state index in [9.17, 15) is 54.2 Å². The van der Waals surface area contributed by atoms with Gasteiger partial charge in [0.15, 0.2) is 5.78 Å². The van der Waals surface area contributed by atoms with E-state index >= 15 is 0 Å². The number of hydroxylamine groups is 4. The molecule has 4 N–H and O–H groups in total. The molecule has 1 saturated carbocycles. The zero-order chi connectivity index (χ0) is 55.2. The van der Waals surface area contributed by atoms with E-state index < -0.39 is 108 Å². The van der Waals surface area contributed by atoms with E-state index in [-0.39, 0.29) is 62.1 Å². The number of aliphatic hydroxyl groups excluding tert-OH is 1. The van der Waals surface area contributed by atoms with E-state index in [0.717, 1.165) is 12.0 Å². The quantitative estimate of drug-likeness (QED) is 0.0711. The molecule has 0 aromatic rings. The van der Waals surface area contributed by atoms with Gasteiger partial charge >= 0.3 is 18.0 Å². The fourth-order valence-electron chi connectivity index (χ4n) is 10.9. The van der Waals surface area contributed by atoms with Gasteiger partial charge in [-0.25, -0.2) is 14.4 Å². The second kappa shape index (κ2) is 28.5. The summed E-state index contributed by atoms with van der Waals surface area (Å²) in [6, 6.07) is -2.33. The van der Waals surface area contributed by atoms with E-state index in [0.29, 0.717) is 66.4 Å². The molecule has 20 heteroatoms. The lowest BCUT2D eigenvalue weighted by Crippen LogP contribution is -2.61. The van der Waals surface area contributed by atoms with Crippen molar-refractivity contribution in [3.63, 3.8) is 0 Å². The summed E-state index contributed by atoms with van der Waals surface area (Å²) in [5.41, 5.74) is 0.807. The summed E-state index contributed by atoms with van der Waals surface area (Å²) in [7, 11) is 5.09. The van der Waals surface area contributed by atoms with E-state index in [1.807, 2.05) is 19.9 Å². The second-order valence-electron chi connectivity index (χ2n) is 21.1. The second-order valence-corrected chi connectivity index (χ2v) is 21.1. The smallest absolute Gasteiger partial charge is 0.434 e. The standard InChI is InChI=1S/C54H83N3O17/c1-31-17-13-12-14-18-32(2)42(57(68)53(65)71-11)29-39-22-20-37(7)54(66,73-39)49(61)50(62)56-24-16-15-19-41(56)52(64)72-44(34(4)27-38-21-23-40(45(28-38)69-9)51(63)74-55(8)67)30-43(58)33(3)26-36(6)47(60)48(70-10)46(59)35(5)25-31/h12-14,17-18,26,31,33-35,37-42,44-45,47-48,60,66-68H,15-16,19-25,27-30H2,1-11H3/b14-12+,17-13+,32-18+,36-26+/t31-,33-,34-,35-,37-,38+,39+,40-,41+,42-,44+,45-,47-,48+,54-/m1/s1. The molecule has 0 radical (unpaired) electrons. The van der Waals surface area contributed by atoms with Gasteiger partial charge in [0.2, 0.25) is 5.79 Å². The molecule has 416 valence electrons. The van der Waals surface area contributed by atoms with Crippen LogP contribution < -0.4 is 0 Å². The van der Waals surface area contributed by atoms with Crippen molar-refractivity contribution in [3.8, 4) is 0 Å². The highest BCUT2D eigenvalue weighted by Crippen LogP contribution is 2.39.